The van der Waals surface area contributed by atoms with Gasteiger partial charge in [0.05, 0.1) is 0 Å². The van der Waals surface area contributed by atoms with Crippen LogP contribution in [0.2, 0.25) is 0 Å². The second kappa shape index (κ2) is 3.02. The van der Waals surface area contributed by atoms with Crippen LogP contribution in [0.5, 0.6) is 0 Å². The third-order valence-corrected chi connectivity index (χ3v) is 1.71. The van der Waals surface area contributed by atoms with Gasteiger partial charge >= 0.3 is 0 Å². The Morgan fingerprint density at radius 2 is 1.50 bits per heavy atom. The molecule has 0 aliphatic heterocycles. The van der Waals surface area contributed by atoms with Crippen molar-refractivity contribution in [1.29, 1.82) is 0 Å². The maximum atomic E-state index is 12.1. The molecule has 1 aromatic rings. The van der Waals surface area contributed by atoms with Gasteiger partial charge in [-0.1, -0.05) is 0 Å². The number of hydrogen-bond donors (Lipinski definition) is 0. The van der Waals surface area contributed by atoms with Crippen LogP contribution in [0.1, 0.15) is 0 Å². The minimum Gasteiger partial charge on any atom is -0.207 e. The molecular weight excluding hydrogens is 160 g/mol. The average Bonchev–Trinajstić information content (AvgIpc) is 1.88. The van der Waals surface area contributed by atoms with E-state index in [9.17, 15) is 12.8 Å². The Bertz CT molecular complexity index is 207. The Labute approximate surface area is 57.7 Å². The van der Waals surface area contributed by atoms with Crippen LogP contribution in [0.15, 0.2) is 24.3 Å². The molecule has 0 saturated heterocycles. The number of hydrogen-bond acceptors (Lipinski definition) is 0. The molecule has 0 fully saturated rings. The lowest BCUT2D eigenvalue weighted by atomic mass is 10.4. The van der Waals surface area contributed by atoms with E-state index in [1.54, 1.807) is 0 Å². The van der Waals surface area contributed by atoms with E-state index in [2.05, 4.69) is 0 Å². The molecule has 0 spiro atoms. The van der Waals surface area contributed by atoms with Gasteiger partial charge in [0.1, 0.15) is 5.82 Å². The summed E-state index contributed by atoms with van der Waals surface area (Å²) in [5.74, 6) is -0.486. The van der Waals surface area contributed by atoms with E-state index in [-0.39, 0.29) is 5.30 Å². The van der Waals surface area contributed by atoms with Crippen LogP contribution in [0.4, 0.5) is 12.8 Å². The monoisotopic (exact) mass is 164 g/mol. The van der Waals surface area contributed by atoms with E-state index in [4.69, 9.17) is 0 Å². The predicted octanol–water partition coefficient (Wildman–Crippen LogP) is 2.70. The molecule has 1 rings (SSSR count). The van der Waals surface area contributed by atoms with E-state index in [0.717, 1.165) is 24.3 Å². The smallest absolute Gasteiger partial charge is 0.207 e. The van der Waals surface area contributed by atoms with Crippen molar-refractivity contribution in [1.82, 2.24) is 0 Å². The fraction of sp³-hybridized carbons (Fsp3) is 0. The Morgan fingerprint density at radius 1 is 1.00 bits per heavy atom. The van der Waals surface area contributed by atoms with Crippen LogP contribution in [-0.4, -0.2) is 0 Å². The quantitative estimate of drug-likeness (QED) is 0.559. The Morgan fingerprint density at radius 3 is 1.90 bits per heavy atom. The van der Waals surface area contributed by atoms with Crippen LogP contribution >= 0.6 is 8.54 Å². The summed E-state index contributed by atoms with van der Waals surface area (Å²) in [5.41, 5.74) is 0. The topological polar surface area (TPSA) is 0 Å². The van der Waals surface area contributed by atoms with Gasteiger partial charge in [-0.2, -0.15) is 8.39 Å². The van der Waals surface area contributed by atoms with Crippen molar-refractivity contribution in [3.63, 3.8) is 0 Å². The molecule has 0 unspecified atom stereocenters. The van der Waals surface area contributed by atoms with Crippen LogP contribution in [0, 0.1) is 5.82 Å². The molecule has 0 N–H and O–H groups in total. The summed E-state index contributed by atoms with van der Waals surface area (Å²) in [6.07, 6.45) is 0. The summed E-state index contributed by atoms with van der Waals surface area (Å²) < 4.78 is 35.8. The van der Waals surface area contributed by atoms with Crippen molar-refractivity contribution in [3.8, 4) is 0 Å². The highest BCUT2D eigenvalue weighted by Gasteiger charge is 2.06. The summed E-state index contributed by atoms with van der Waals surface area (Å²) in [5, 5.41) is -0.0867. The maximum Gasteiger partial charge on any atom is 0.298 e. The number of halogens is 3. The second-order valence-corrected chi connectivity index (χ2v) is 2.69. The van der Waals surface area contributed by atoms with Gasteiger partial charge in [0, 0.05) is 5.30 Å². The lowest BCUT2D eigenvalue weighted by Gasteiger charge is -1.94. The van der Waals surface area contributed by atoms with Gasteiger partial charge in [-0.3, -0.25) is 0 Å². The SMILES string of the molecule is Fc1ccc(P(F)F)cc1. The normalized spacial score (nSPS) is 10.4. The molecule has 0 aliphatic carbocycles. The fourth-order valence-electron chi connectivity index (χ4n) is 0.554. The molecule has 4 heteroatoms. The van der Waals surface area contributed by atoms with Gasteiger partial charge in [-0.25, -0.2) is 4.39 Å². The molecule has 0 atom stereocenters. The van der Waals surface area contributed by atoms with E-state index in [1.165, 1.54) is 0 Å². The van der Waals surface area contributed by atoms with Gasteiger partial charge in [-0.05, 0) is 24.3 Å². The zero-order valence-electron chi connectivity index (χ0n) is 4.89. The van der Waals surface area contributed by atoms with E-state index >= 15 is 0 Å². The van der Waals surface area contributed by atoms with Crippen molar-refractivity contribution in [2.75, 3.05) is 0 Å². The van der Waals surface area contributed by atoms with Crippen molar-refractivity contribution in [2.24, 2.45) is 0 Å². The molecule has 10 heavy (non-hydrogen) atoms. The standard InChI is InChI=1S/C6H4F3P/c7-5-1-3-6(4-2-5)10(8)9/h1-4H. The first-order chi connectivity index (χ1) is 4.70. The van der Waals surface area contributed by atoms with Crippen molar-refractivity contribution < 1.29 is 12.8 Å². The molecule has 0 heterocycles. The van der Waals surface area contributed by atoms with Crippen LogP contribution in [0.25, 0.3) is 0 Å². The molecule has 54 valence electrons. The van der Waals surface area contributed by atoms with Crippen LogP contribution < -0.4 is 5.30 Å². The van der Waals surface area contributed by atoms with Crippen LogP contribution in [0.3, 0.4) is 0 Å². The van der Waals surface area contributed by atoms with Crippen LogP contribution in [-0.2, 0) is 0 Å². The van der Waals surface area contributed by atoms with E-state index < -0.39 is 14.4 Å². The maximum absolute atomic E-state index is 12.1. The zero-order chi connectivity index (χ0) is 7.56. The Hall–Kier alpha value is -0.560. The Kier molecular flexibility index (Phi) is 2.28. The lowest BCUT2D eigenvalue weighted by Crippen LogP contribution is -1.93. The van der Waals surface area contributed by atoms with Crippen molar-refractivity contribution in [3.05, 3.63) is 30.1 Å². The molecule has 0 nitrogen and oxygen atoms in total. The van der Waals surface area contributed by atoms with Gasteiger partial charge in [0.25, 0.3) is 8.54 Å². The molecule has 0 amide bonds. The molecule has 0 radical (unpaired) electrons. The lowest BCUT2D eigenvalue weighted by molar-refractivity contribution is 0.628. The van der Waals surface area contributed by atoms with Crippen molar-refractivity contribution >= 4 is 13.8 Å². The summed E-state index contributed by atoms with van der Waals surface area (Å²) in [7, 11) is -3.07. The minimum atomic E-state index is -3.07. The molecule has 0 bridgehead atoms. The molecular formula is C6H4F3P. The van der Waals surface area contributed by atoms with E-state index in [0.29, 0.717) is 0 Å². The third-order valence-electron chi connectivity index (χ3n) is 1.02. The summed E-state index contributed by atoms with van der Waals surface area (Å²) in [6, 6.07) is 4.26. The van der Waals surface area contributed by atoms with Crippen molar-refractivity contribution in [2.45, 2.75) is 0 Å². The van der Waals surface area contributed by atoms with Gasteiger partial charge in [0.2, 0.25) is 0 Å². The first-order valence-corrected chi connectivity index (χ1v) is 3.70. The molecule has 0 aliphatic rings. The highest BCUT2D eigenvalue weighted by molar-refractivity contribution is 7.55. The highest BCUT2D eigenvalue weighted by atomic mass is 31.2. The third kappa shape index (κ3) is 1.71. The molecule has 0 saturated carbocycles. The molecule has 0 aromatic heterocycles. The van der Waals surface area contributed by atoms with Gasteiger partial charge in [-0.15, -0.1) is 0 Å². The average molecular weight is 164 g/mol. The summed E-state index contributed by atoms with van der Waals surface area (Å²) in [6.45, 7) is 0. The largest absolute Gasteiger partial charge is 0.298 e. The first-order valence-electron chi connectivity index (χ1n) is 2.57. The zero-order valence-corrected chi connectivity index (χ0v) is 5.78. The molecule has 1 aromatic carbocycles. The minimum absolute atomic E-state index is 0.0867. The Balaban J connectivity index is 2.89. The van der Waals surface area contributed by atoms with Gasteiger partial charge < -0.3 is 0 Å². The number of rotatable bonds is 1. The highest BCUT2D eigenvalue weighted by Crippen LogP contribution is 2.36. The summed E-state index contributed by atoms with van der Waals surface area (Å²) >= 11 is 0. The fourth-order valence-corrected chi connectivity index (χ4v) is 0.928. The predicted molar refractivity (Wildman–Crippen MR) is 35.2 cm³/mol. The van der Waals surface area contributed by atoms with E-state index in [1.807, 2.05) is 0 Å². The van der Waals surface area contributed by atoms with Gasteiger partial charge in [0.15, 0.2) is 0 Å². The summed E-state index contributed by atoms with van der Waals surface area (Å²) in [4.78, 5) is 0. The first kappa shape index (κ1) is 7.55. The second-order valence-electron chi connectivity index (χ2n) is 1.71. The number of benzene rings is 1.